The van der Waals surface area contributed by atoms with Gasteiger partial charge in [-0.2, -0.15) is 0 Å². The van der Waals surface area contributed by atoms with Crippen molar-refractivity contribution in [3.63, 3.8) is 0 Å². The highest BCUT2D eigenvalue weighted by Gasteiger charge is 2.31. The lowest BCUT2D eigenvalue weighted by atomic mass is 10.1. The molecule has 0 atom stereocenters. The fraction of sp³-hybridized carbons (Fsp3) is 0.227. The molecule has 162 valence electrons. The predicted octanol–water partition coefficient (Wildman–Crippen LogP) is 4.26. The molecule has 0 spiro atoms. The minimum absolute atomic E-state index is 0.0550. The highest BCUT2D eigenvalue weighted by Crippen LogP contribution is 2.31. The van der Waals surface area contributed by atoms with E-state index in [4.69, 9.17) is 4.74 Å². The molecule has 3 aromatic rings. The van der Waals surface area contributed by atoms with Crippen molar-refractivity contribution in [3.8, 4) is 5.75 Å². The van der Waals surface area contributed by atoms with Crippen LogP contribution in [-0.4, -0.2) is 43.6 Å². The smallest absolute Gasteiger partial charge is 0.260 e. The molecule has 0 bridgehead atoms. The number of hydrogen-bond donors (Lipinski definition) is 0. The van der Waals surface area contributed by atoms with Gasteiger partial charge >= 0.3 is 0 Å². The number of piperazine rings is 1. The predicted molar refractivity (Wildman–Crippen MR) is 104 cm³/mol. The monoisotopic (exact) mass is 436 g/mol. The van der Waals surface area contributed by atoms with E-state index in [0.29, 0.717) is 5.75 Å². The van der Waals surface area contributed by atoms with Crippen LogP contribution in [0.15, 0.2) is 42.5 Å². The Labute approximate surface area is 174 Å². The maximum atomic E-state index is 14.0. The van der Waals surface area contributed by atoms with E-state index < -0.39 is 34.8 Å². The van der Waals surface area contributed by atoms with Crippen LogP contribution in [-0.2, 0) is 4.79 Å². The summed E-state index contributed by atoms with van der Waals surface area (Å²) in [5.41, 5.74) is -0.976. The zero-order chi connectivity index (χ0) is 22.1. The standard InChI is InChI=1S/C22H17F5N2O2/c23-17-18(24)20(26)22(21(27)19(17)25)29-9-7-28(8-10-29)16(30)12-31-15-6-5-13-3-1-2-4-14(13)11-15/h1-6,11H,7-10,12H2. The van der Waals surface area contributed by atoms with Gasteiger partial charge in [0.2, 0.25) is 5.82 Å². The summed E-state index contributed by atoms with van der Waals surface area (Å²) >= 11 is 0. The highest BCUT2D eigenvalue weighted by atomic mass is 19.2. The summed E-state index contributed by atoms with van der Waals surface area (Å²) in [4.78, 5) is 14.9. The van der Waals surface area contributed by atoms with Crippen LogP contribution >= 0.6 is 0 Å². The molecule has 0 aromatic heterocycles. The summed E-state index contributed by atoms with van der Waals surface area (Å²) < 4.78 is 73.7. The molecule has 4 nitrogen and oxygen atoms in total. The van der Waals surface area contributed by atoms with Gasteiger partial charge in [0.1, 0.15) is 11.4 Å². The lowest BCUT2D eigenvalue weighted by molar-refractivity contribution is -0.133. The van der Waals surface area contributed by atoms with Crippen molar-refractivity contribution in [2.24, 2.45) is 0 Å². The number of halogens is 5. The molecule has 0 aliphatic carbocycles. The summed E-state index contributed by atoms with van der Waals surface area (Å²) in [5, 5.41) is 1.99. The van der Waals surface area contributed by atoms with Gasteiger partial charge in [0.25, 0.3) is 5.91 Å². The number of benzene rings is 3. The zero-order valence-electron chi connectivity index (χ0n) is 16.2. The van der Waals surface area contributed by atoms with E-state index in [1.165, 1.54) is 4.90 Å². The summed E-state index contributed by atoms with van der Waals surface area (Å²) in [6.07, 6.45) is 0. The van der Waals surface area contributed by atoms with Crippen LogP contribution in [0, 0.1) is 29.1 Å². The van der Waals surface area contributed by atoms with Crippen molar-refractivity contribution in [1.29, 1.82) is 0 Å². The summed E-state index contributed by atoms with van der Waals surface area (Å²) in [6, 6.07) is 13.1. The van der Waals surface area contributed by atoms with E-state index in [1.54, 1.807) is 6.07 Å². The Morgan fingerprint density at radius 3 is 2.00 bits per heavy atom. The lowest BCUT2D eigenvalue weighted by Gasteiger charge is -2.36. The number of carbonyl (C=O) groups excluding carboxylic acids is 1. The van der Waals surface area contributed by atoms with Crippen molar-refractivity contribution >= 4 is 22.4 Å². The van der Waals surface area contributed by atoms with Gasteiger partial charge in [-0.05, 0) is 22.9 Å². The van der Waals surface area contributed by atoms with Gasteiger partial charge in [-0.1, -0.05) is 30.3 Å². The molecular weight excluding hydrogens is 419 g/mol. The van der Waals surface area contributed by atoms with Crippen molar-refractivity contribution in [3.05, 3.63) is 71.6 Å². The van der Waals surface area contributed by atoms with E-state index in [0.717, 1.165) is 15.7 Å². The molecule has 0 radical (unpaired) electrons. The molecule has 1 aliphatic rings. The molecule has 3 aromatic carbocycles. The number of rotatable bonds is 4. The van der Waals surface area contributed by atoms with Gasteiger partial charge in [0.15, 0.2) is 29.9 Å². The average molecular weight is 436 g/mol. The molecule has 1 fully saturated rings. The average Bonchev–Trinajstić information content (AvgIpc) is 2.80. The van der Waals surface area contributed by atoms with Crippen molar-refractivity contribution in [2.45, 2.75) is 0 Å². The Hall–Kier alpha value is -3.36. The minimum atomic E-state index is -2.20. The number of anilines is 1. The lowest BCUT2D eigenvalue weighted by Crippen LogP contribution is -2.50. The van der Waals surface area contributed by atoms with Crippen molar-refractivity contribution in [1.82, 2.24) is 4.90 Å². The van der Waals surface area contributed by atoms with Crippen LogP contribution in [0.5, 0.6) is 5.75 Å². The summed E-state index contributed by atoms with van der Waals surface area (Å²) in [6.45, 7) is -0.292. The maximum Gasteiger partial charge on any atom is 0.260 e. The topological polar surface area (TPSA) is 32.8 Å². The molecule has 4 rings (SSSR count). The number of carbonyl (C=O) groups is 1. The molecule has 1 amide bonds. The first-order valence-electron chi connectivity index (χ1n) is 9.52. The molecule has 1 heterocycles. The zero-order valence-corrected chi connectivity index (χ0v) is 16.2. The molecule has 9 heteroatoms. The Balaban J connectivity index is 1.38. The second-order valence-electron chi connectivity index (χ2n) is 7.08. The quantitative estimate of drug-likeness (QED) is 0.348. The second kappa shape index (κ2) is 8.41. The Morgan fingerprint density at radius 1 is 0.774 bits per heavy atom. The SMILES string of the molecule is O=C(COc1ccc2ccccc2c1)N1CCN(c2c(F)c(F)c(F)c(F)c2F)CC1. The number of ether oxygens (including phenoxy) is 1. The van der Waals surface area contributed by atoms with Gasteiger partial charge in [0, 0.05) is 26.2 Å². The van der Waals surface area contributed by atoms with Crippen LogP contribution in [0.3, 0.4) is 0 Å². The normalized spacial score (nSPS) is 14.2. The molecule has 0 unspecified atom stereocenters. The third-order valence-electron chi connectivity index (χ3n) is 5.22. The van der Waals surface area contributed by atoms with Crippen LogP contribution in [0.2, 0.25) is 0 Å². The molecule has 1 aliphatic heterocycles. The fourth-order valence-corrected chi connectivity index (χ4v) is 3.54. The fourth-order valence-electron chi connectivity index (χ4n) is 3.54. The molecule has 0 saturated carbocycles. The van der Waals surface area contributed by atoms with Gasteiger partial charge in [-0.3, -0.25) is 4.79 Å². The maximum absolute atomic E-state index is 14.0. The third-order valence-corrected chi connectivity index (χ3v) is 5.22. The van der Waals surface area contributed by atoms with Gasteiger partial charge in [-0.25, -0.2) is 22.0 Å². The largest absolute Gasteiger partial charge is 0.484 e. The number of hydrogen-bond acceptors (Lipinski definition) is 3. The van der Waals surface area contributed by atoms with Crippen molar-refractivity contribution < 1.29 is 31.5 Å². The Kier molecular flexibility index (Phi) is 5.67. The van der Waals surface area contributed by atoms with E-state index in [2.05, 4.69) is 0 Å². The Morgan fingerprint density at radius 2 is 1.35 bits per heavy atom. The van der Waals surface area contributed by atoms with Gasteiger partial charge in [-0.15, -0.1) is 0 Å². The molecule has 1 saturated heterocycles. The number of nitrogens with zero attached hydrogens (tertiary/aromatic N) is 2. The van der Waals surface area contributed by atoms with Crippen LogP contribution in [0.1, 0.15) is 0 Å². The van der Waals surface area contributed by atoms with E-state index in [-0.39, 0.29) is 38.7 Å². The van der Waals surface area contributed by atoms with Crippen LogP contribution < -0.4 is 9.64 Å². The third kappa shape index (κ3) is 3.99. The van der Waals surface area contributed by atoms with E-state index in [1.807, 2.05) is 36.4 Å². The van der Waals surface area contributed by atoms with Gasteiger partial charge < -0.3 is 14.5 Å². The number of amides is 1. The number of fused-ring (bicyclic) bond motifs is 1. The van der Waals surface area contributed by atoms with Crippen LogP contribution in [0.25, 0.3) is 10.8 Å². The first kappa shape index (κ1) is 20.9. The Bertz CT molecular complexity index is 1120. The molecule has 31 heavy (non-hydrogen) atoms. The first-order chi connectivity index (χ1) is 14.9. The molecular formula is C22H17F5N2O2. The van der Waals surface area contributed by atoms with E-state index >= 15 is 0 Å². The second-order valence-corrected chi connectivity index (χ2v) is 7.08. The minimum Gasteiger partial charge on any atom is -0.484 e. The van der Waals surface area contributed by atoms with Crippen molar-refractivity contribution in [2.75, 3.05) is 37.7 Å². The van der Waals surface area contributed by atoms with E-state index in [9.17, 15) is 26.7 Å². The summed E-state index contributed by atoms with van der Waals surface area (Å²) in [7, 11) is 0. The first-order valence-corrected chi connectivity index (χ1v) is 9.52. The molecule has 0 N–H and O–H groups in total. The van der Waals surface area contributed by atoms with Gasteiger partial charge in [0.05, 0.1) is 0 Å². The highest BCUT2D eigenvalue weighted by molar-refractivity contribution is 5.84. The van der Waals surface area contributed by atoms with Crippen LogP contribution in [0.4, 0.5) is 27.6 Å². The summed E-state index contributed by atoms with van der Waals surface area (Å²) in [5.74, 6) is -9.75.